The van der Waals surface area contributed by atoms with Gasteiger partial charge in [-0.2, -0.15) is 14.4 Å². The summed E-state index contributed by atoms with van der Waals surface area (Å²) in [5.74, 6) is 1.87. The number of nitrogens with zero attached hydrogens (tertiary/aromatic N) is 5. The number of terminal acetylenes is 1. The molecular weight excluding hydrogens is 481 g/mol. The van der Waals surface area contributed by atoms with Gasteiger partial charge in [-0.3, -0.25) is 4.57 Å². The second kappa shape index (κ2) is 9.01. The van der Waals surface area contributed by atoms with Crippen LogP contribution in [0.5, 0.6) is 0 Å². The van der Waals surface area contributed by atoms with Gasteiger partial charge in [0, 0.05) is 6.42 Å². The van der Waals surface area contributed by atoms with E-state index in [4.69, 9.17) is 25.4 Å². The second-order valence-electron chi connectivity index (χ2n) is 9.15. The molecule has 2 aliphatic rings. The molecule has 0 spiro atoms. The van der Waals surface area contributed by atoms with Crippen LogP contribution in [0.2, 0.25) is 0 Å². The number of aliphatic hydroxyl groups is 2. The van der Waals surface area contributed by atoms with Crippen LogP contribution in [0.1, 0.15) is 40.3 Å². The third-order valence-corrected chi connectivity index (χ3v) is 5.42. The number of hydrogen-bond donors (Lipinski definition) is 2. The Hall–Kier alpha value is -3.80. The first kappa shape index (κ1) is 25.3. The van der Waals surface area contributed by atoms with Gasteiger partial charge in [-0.15, -0.1) is 6.42 Å². The molecule has 4 heterocycles. The molecule has 0 aromatic carbocycles. The first-order chi connectivity index (χ1) is 16.9. The number of ether oxygens (including phenoxy) is 4. The monoisotopic (exact) mass is 505 g/mol. The van der Waals surface area contributed by atoms with Gasteiger partial charge in [0.15, 0.2) is 34.4 Å². The Bertz CT molecular complexity index is 1280. The summed E-state index contributed by atoms with van der Waals surface area (Å²) in [6, 6.07) is 0. The van der Waals surface area contributed by atoms with Crippen molar-refractivity contribution in [3.05, 3.63) is 24.4 Å². The molecule has 192 valence electrons. The fraction of sp³-hybridized carbons (Fsp3) is 0.500. The molecule has 2 N–H and O–H groups in total. The number of cyclic esters (lactones) is 2. The van der Waals surface area contributed by atoms with Gasteiger partial charge in [0.05, 0.1) is 19.1 Å². The summed E-state index contributed by atoms with van der Waals surface area (Å²) in [6.07, 6.45) is 1.54. The minimum Gasteiger partial charge on any atom is -0.443 e. The highest BCUT2D eigenvalue weighted by Gasteiger charge is 2.48. The standard InChI is InChI=1S/C22H24FN5O8/c1-6-22(9-29)13(30)7-14(35-22)28-10-24-15-16(25-18(23)26-17(15)28)27(19(31)36-21(3,4)5)8-12-11(2)33-20(32)34-12/h1,8,10-11,13-14,29-30H,7,9H2,2-5H3/t11?,13-,14+,22+/m0/s1. The Morgan fingerprint density at radius 3 is 2.75 bits per heavy atom. The van der Waals surface area contributed by atoms with Crippen LogP contribution in [0.4, 0.5) is 19.8 Å². The Morgan fingerprint density at radius 2 is 2.19 bits per heavy atom. The van der Waals surface area contributed by atoms with Crippen LogP contribution >= 0.6 is 0 Å². The second-order valence-corrected chi connectivity index (χ2v) is 9.15. The Balaban J connectivity index is 1.82. The maximum atomic E-state index is 14.7. The maximum Gasteiger partial charge on any atom is 0.514 e. The fourth-order valence-corrected chi connectivity index (χ4v) is 3.67. The summed E-state index contributed by atoms with van der Waals surface area (Å²) in [4.78, 5) is 37.2. The molecule has 2 aromatic rings. The van der Waals surface area contributed by atoms with Gasteiger partial charge in [0.25, 0.3) is 0 Å². The van der Waals surface area contributed by atoms with E-state index in [1.165, 1.54) is 17.8 Å². The average molecular weight is 505 g/mol. The van der Waals surface area contributed by atoms with Crippen molar-refractivity contribution < 1.29 is 43.1 Å². The Kier molecular flexibility index (Phi) is 6.33. The summed E-state index contributed by atoms with van der Waals surface area (Å²) >= 11 is 0. The van der Waals surface area contributed by atoms with Gasteiger partial charge in [-0.05, 0) is 27.7 Å². The number of carbonyl (C=O) groups excluding carboxylic acids is 2. The van der Waals surface area contributed by atoms with Gasteiger partial charge >= 0.3 is 18.3 Å². The molecule has 14 heteroatoms. The van der Waals surface area contributed by atoms with Crippen LogP contribution in [0.15, 0.2) is 18.3 Å². The van der Waals surface area contributed by atoms with Crippen LogP contribution in [0, 0.1) is 18.4 Å². The van der Waals surface area contributed by atoms with Crippen LogP contribution in [-0.2, 0) is 18.9 Å². The zero-order valence-electron chi connectivity index (χ0n) is 19.8. The molecular formula is C22H24FN5O8. The van der Waals surface area contributed by atoms with Gasteiger partial charge in [0.2, 0.25) is 0 Å². The molecule has 2 saturated heterocycles. The van der Waals surface area contributed by atoms with E-state index >= 15 is 0 Å². The number of anilines is 1. The number of amides is 1. The molecule has 0 aliphatic carbocycles. The van der Waals surface area contributed by atoms with E-state index in [0.29, 0.717) is 0 Å². The lowest BCUT2D eigenvalue weighted by Gasteiger charge is -2.25. The molecule has 4 rings (SSSR count). The predicted molar refractivity (Wildman–Crippen MR) is 119 cm³/mol. The van der Waals surface area contributed by atoms with Gasteiger partial charge in [0.1, 0.15) is 17.9 Å². The summed E-state index contributed by atoms with van der Waals surface area (Å²) in [5, 5.41) is 20.0. The molecule has 0 bridgehead atoms. The predicted octanol–water partition coefficient (Wildman–Crippen LogP) is 1.75. The summed E-state index contributed by atoms with van der Waals surface area (Å²) < 4.78 is 37.0. The largest absolute Gasteiger partial charge is 0.514 e. The Morgan fingerprint density at radius 1 is 1.47 bits per heavy atom. The van der Waals surface area contributed by atoms with Crippen LogP contribution in [0.3, 0.4) is 0 Å². The quantitative estimate of drug-likeness (QED) is 0.354. The number of imidazole rings is 1. The van der Waals surface area contributed by atoms with Crippen molar-refractivity contribution in [2.45, 2.75) is 63.8 Å². The van der Waals surface area contributed by atoms with Crippen LogP contribution < -0.4 is 4.90 Å². The van der Waals surface area contributed by atoms with E-state index in [1.54, 1.807) is 20.8 Å². The number of rotatable bonds is 4. The normalized spacial score (nSPS) is 27.1. The third-order valence-electron chi connectivity index (χ3n) is 5.42. The van der Waals surface area contributed by atoms with Crippen molar-refractivity contribution >= 4 is 29.2 Å². The van der Waals surface area contributed by atoms with Gasteiger partial charge < -0.3 is 29.2 Å². The molecule has 1 amide bonds. The highest BCUT2D eigenvalue weighted by Crippen LogP contribution is 2.38. The van der Waals surface area contributed by atoms with E-state index in [9.17, 15) is 24.2 Å². The molecule has 2 fully saturated rings. The van der Waals surface area contributed by atoms with E-state index < -0.39 is 54.6 Å². The molecule has 2 aromatic heterocycles. The van der Waals surface area contributed by atoms with Crippen molar-refractivity contribution in [2.24, 2.45) is 0 Å². The summed E-state index contributed by atoms with van der Waals surface area (Å²) in [5.41, 5.74) is -2.74. The first-order valence-corrected chi connectivity index (χ1v) is 10.8. The smallest absolute Gasteiger partial charge is 0.443 e. The zero-order chi connectivity index (χ0) is 26.4. The van der Waals surface area contributed by atoms with Crippen molar-refractivity contribution in [1.29, 1.82) is 0 Å². The molecule has 1 unspecified atom stereocenters. The van der Waals surface area contributed by atoms with Crippen LogP contribution in [0.25, 0.3) is 11.2 Å². The lowest BCUT2D eigenvalue weighted by atomic mass is 9.99. The van der Waals surface area contributed by atoms with Crippen molar-refractivity contribution in [2.75, 3.05) is 11.5 Å². The zero-order valence-corrected chi connectivity index (χ0v) is 19.8. The lowest BCUT2D eigenvalue weighted by molar-refractivity contribution is -0.0891. The number of halogens is 1. The Labute approximate surface area is 204 Å². The number of hydrogen-bond acceptors (Lipinski definition) is 11. The van der Waals surface area contributed by atoms with E-state index in [-0.39, 0.29) is 29.2 Å². The van der Waals surface area contributed by atoms with E-state index in [2.05, 4.69) is 20.9 Å². The molecule has 0 radical (unpaired) electrons. The van der Waals surface area contributed by atoms with E-state index in [1.807, 2.05) is 0 Å². The molecule has 2 aliphatic heterocycles. The minimum atomic E-state index is -1.66. The summed E-state index contributed by atoms with van der Waals surface area (Å²) in [6.45, 7) is 5.75. The highest BCUT2D eigenvalue weighted by atomic mass is 19.1. The fourth-order valence-electron chi connectivity index (χ4n) is 3.67. The number of carbonyl (C=O) groups is 2. The van der Waals surface area contributed by atoms with Crippen molar-refractivity contribution in [1.82, 2.24) is 19.5 Å². The molecule has 0 saturated carbocycles. The van der Waals surface area contributed by atoms with Crippen molar-refractivity contribution in [3.63, 3.8) is 0 Å². The lowest BCUT2D eigenvalue weighted by Crippen LogP contribution is -2.41. The highest BCUT2D eigenvalue weighted by molar-refractivity contribution is 5.97. The van der Waals surface area contributed by atoms with E-state index in [0.717, 1.165) is 11.1 Å². The average Bonchev–Trinajstić information content (AvgIpc) is 3.44. The molecule has 13 nitrogen and oxygen atoms in total. The first-order valence-electron chi connectivity index (χ1n) is 10.8. The number of fused-ring (bicyclic) bond motifs is 1. The van der Waals surface area contributed by atoms with Gasteiger partial charge in [-0.25, -0.2) is 19.5 Å². The SMILES string of the molecule is C#C[C@]1(CO)O[C@@H](n2cnc3c(N(C=C4OC(=O)OC4C)C(=O)OC(C)(C)C)nc(F)nc32)C[C@@H]1O. The number of aliphatic hydroxyl groups excluding tert-OH is 2. The topological polar surface area (TPSA) is 158 Å². The van der Waals surface area contributed by atoms with Crippen molar-refractivity contribution in [3.8, 4) is 12.3 Å². The molecule has 36 heavy (non-hydrogen) atoms. The van der Waals surface area contributed by atoms with Gasteiger partial charge in [-0.1, -0.05) is 5.92 Å². The summed E-state index contributed by atoms with van der Waals surface area (Å²) in [7, 11) is 0. The maximum absolute atomic E-state index is 14.7. The van der Waals surface area contributed by atoms with Crippen LogP contribution in [-0.4, -0.2) is 72.0 Å². The number of aromatic nitrogens is 4. The minimum absolute atomic E-state index is 0.0442. The third kappa shape index (κ3) is 4.55. The molecule has 4 atom stereocenters.